The number of benzene rings is 3. The zero-order valence-electron chi connectivity index (χ0n) is 34.7. The van der Waals surface area contributed by atoms with Crippen molar-refractivity contribution in [1.82, 2.24) is 45.1 Å². The number of unbranched alkanes of at least 4 members (excludes halogenated alkanes) is 2. The summed E-state index contributed by atoms with van der Waals surface area (Å²) in [5, 5.41) is 13.4. The lowest BCUT2D eigenvalue weighted by molar-refractivity contribution is -0.136. The van der Waals surface area contributed by atoms with Crippen LogP contribution in [-0.4, -0.2) is 116 Å². The van der Waals surface area contributed by atoms with E-state index in [0.29, 0.717) is 59.6 Å². The number of piperidine rings is 2. The van der Waals surface area contributed by atoms with Crippen molar-refractivity contribution < 1.29 is 32.8 Å². The van der Waals surface area contributed by atoms with E-state index in [1.54, 1.807) is 36.7 Å². The lowest BCUT2D eigenvalue weighted by atomic mass is 10.0. The molecule has 1 atom stereocenters. The van der Waals surface area contributed by atoms with Gasteiger partial charge >= 0.3 is 0 Å². The Morgan fingerprint density at radius 2 is 1.60 bits per heavy atom. The molecule has 5 amide bonds. The van der Waals surface area contributed by atoms with Crippen LogP contribution in [0.25, 0.3) is 33.4 Å². The van der Waals surface area contributed by atoms with Gasteiger partial charge in [-0.2, -0.15) is 5.10 Å². The smallest absolute Gasteiger partial charge is 0.262 e. The number of imide groups is 2. The van der Waals surface area contributed by atoms with Crippen molar-refractivity contribution in [2.75, 3.05) is 51.1 Å². The zero-order valence-corrected chi connectivity index (χ0v) is 34.7. The highest BCUT2D eigenvalue weighted by molar-refractivity contribution is 6.23. The van der Waals surface area contributed by atoms with Gasteiger partial charge in [0.1, 0.15) is 17.7 Å². The summed E-state index contributed by atoms with van der Waals surface area (Å²) in [7, 11) is 0. The molecule has 3 fully saturated rings. The van der Waals surface area contributed by atoms with Gasteiger partial charge in [-0.3, -0.25) is 48.8 Å². The second-order valence-electron chi connectivity index (χ2n) is 16.6. The first kappa shape index (κ1) is 41.9. The molecule has 3 aromatic carbocycles. The Bertz CT molecular complexity index is 2580. The molecule has 63 heavy (non-hydrogen) atoms. The number of hydrogen-bond acceptors (Lipinski definition) is 11. The average Bonchev–Trinajstić information content (AvgIpc) is 3.88. The summed E-state index contributed by atoms with van der Waals surface area (Å²) in [5.74, 6) is -3.18. The van der Waals surface area contributed by atoms with E-state index in [-0.39, 0.29) is 48.0 Å². The minimum absolute atomic E-state index is 0.0640. The zero-order chi connectivity index (χ0) is 43.6. The molecular weight excluding hydrogens is 811 g/mol. The van der Waals surface area contributed by atoms with E-state index >= 15 is 8.78 Å². The number of anilines is 1. The van der Waals surface area contributed by atoms with Crippen LogP contribution in [0.5, 0.6) is 0 Å². The minimum atomic E-state index is -1.01. The van der Waals surface area contributed by atoms with Crippen LogP contribution in [0.4, 0.5) is 14.5 Å². The van der Waals surface area contributed by atoms with Gasteiger partial charge in [0.25, 0.3) is 11.8 Å². The van der Waals surface area contributed by atoms with Crippen LogP contribution in [-0.2, 0) is 20.9 Å². The SMILES string of the molecule is O=C1CCC(N2C(=O)c3ccc(NCCCCCC(=O)N4CCC(n5cc(-c6cnc7cccc(-c8cc(F)c(CN9CCNCC9)c(F)c8)c7n6)cn5)CC4)cc3C2=O)C(=O)N1. The molecule has 326 valence electrons. The molecule has 15 nitrogen and oxygen atoms in total. The van der Waals surface area contributed by atoms with Crippen molar-refractivity contribution in [3.63, 3.8) is 0 Å². The van der Waals surface area contributed by atoms with Gasteiger partial charge in [-0.15, -0.1) is 0 Å². The van der Waals surface area contributed by atoms with Crippen LogP contribution >= 0.6 is 0 Å². The van der Waals surface area contributed by atoms with E-state index in [4.69, 9.17) is 4.98 Å². The maximum absolute atomic E-state index is 15.4. The molecule has 1 unspecified atom stereocenters. The molecule has 17 heteroatoms. The monoisotopic (exact) mass is 858 g/mol. The van der Waals surface area contributed by atoms with Gasteiger partial charge in [0.05, 0.1) is 46.3 Å². The number of nitrogens with zero attached hydrogens (tertiary/aromatic N) is 7. The Morgan fingerprint density at radius 3 is 2.38 bits per heavy atom. The Labute approximate surface area is 362 Å². The second-order valence-corrected chi connectivity index (χ2v) is 16.6. The molecule has 3 N–H and O–H groups in total. The van der Waals surface area contributed by atoms with Gasteiger partial charge in [-0.05, 0) is 74.1 Å². The van der Waals surface area contributed by atoms with Crippen molar-refractivity contribution >= 4 is 46.3 Å². The third-order valence-electron chi connectivity index (χ3n) is 12.5. The maximum atomic E-state index is 15.4. The number of fused-ring (bicyclic) bond motifs is 2. The fourth-order valence-electron chi connectivity index (χ4n) is 9.01. The first-order valence-electron chi connectivity index (χ1n) is 21.7. The number of hydrogen-bond donors (Lipinski definition) is 3. The first-order chi connectivity index (χ1) is 30.6. The van der Waals surface area contributed by atoms with Gasteiger partial charge in [-0.25, -0.2) is 13.8 Å². The third-order valence-corrected chi connectivity index (χ3v) is 12.5. The van der Waals surface area contributed by atoms with Crippen molar-refractivity contribution in [3.8, 4) is 22.4 Å². The Hall–Kier alpha value is -6.46. The molecule has 4 aliphatic heterocycles. The predicted molar refractivity (Wildman–Crippen MR) is 229 cm³/mol. The third kappa shape index (κ3) is 8.80. The highest BCUT2D eigenvalue weighted by Crippen LogP contribution is 2.33. The average molecular weight is 859 g/mol. The Balaban J connectivity index is 0.739. The van der Waals surface area contributed by atoms with Crippen molar-refractivity contribution in [2.45, 2.75) is 70.0 Å². The van der Waals surface area contributed by atoms with E-state index in [1.807, 2.05) is 32.8 Å². The van der Waals surface area contributed by atoms with Crippen LogP contribution < -0.4 is 16.0 Å². The molecule has 4 aliphatic rings. The molecule has 2 aromatic heterocycles. The first-order valence-corrected chi connectivity index (χ1v) is 21.7. The highest BCUT2D eigenvalue weighted by atomic mass is 19.1. The van der Waals surface area contributed by atoms with Crippen LogP contribution in [0.3, 0.4) is 0 Å². The number of halogens is 2. The standard InChI is InChI=1S/C46H48F2N10O5/c47-36-21-28(22-37(48)35(36)27-55-19-15-49-16-20-55)32-5-4-6-38-43(32)53-39(25-51-38)29-24-52-57(26-29)31-12-17-56(18-13-31)42(60)7-2-1-3-14-50-30-8-9-33-34(23-30)46(63)58(45(33)62)40-10-11-41(59)54-44(40)61/h4-6,8-9,21-26,31,40,49-50H,1-3,7,10-20,27H2,(H,54,59,61). The summed E-state index contributed by atoms with van der Waals surface area (Å²) < 4.78 is 32.7. The summed E-state index contributed by atoms with van der Waals surface area (Å²) in [4.78, 5) is 77.6. The number of carbonyl (C=O) groups excluding carboxylic acids is 5. The summed E-state index contributed by atoms with van der Waals surface area (Å²) in [6.45, 7) is 5.13. The number of aromatic nitrogens is 4. The van der Waals surface area contributed by atoms with Crippen molar-refractivity contribution in [2.24, 2.45) is 0 Å². The minimum Gasteiger partial charge on any atom is -0.385 e. The molecule has 9 rings (SSSR count). The van der Waals surface area contributed by atoms with E-state index in [1.165, 1.54) is 12.1 Å². The Kier molecular flexibility index (Phi) is 12.0. The van der Waals surface area contributed by atoms with Crippen LogP contribution in [0.1, 0.15) is 83.7 Å². The maximum Gasteiger partial charge on any atom is 0.262 e. The van der Waals surface area contributed by atoms with Crippen LogP contribution in [0, 0.1) is 11.6 Å². The number of carbonyl (C=O) groups is 5. The van der Waals surface area contributed by atoms with Gasteiger partial charge < -0.3 is 15.5 Å². The normalized spacial score (nSPS) is 18.6. The molecule has 6 heterocycles. The number of nitrogens with one attached hydrogen (secondary N) is 3. The number of likely N-dealkylation sites (tertiary alicyclic amines) is 1. The lowest BCUT2D eigenvalue weighted by Gasteiger charge is -2.32. The van der Waals surface area contributed by atoms with Crippen LogP contribution in [0.15, 0.2) is 67.1 Å². The molecule has 5 aromatic rings. The molecule has 0 radical (unpaired) electrons. The van der Waals surface area contributed by atoms with Gasteiger partial charge in [0, 0.05) is 93.8 Å². The topological polar surface area (TPSA) is 175 Å². The Morgan fingerprint density at radius 1 is 0.825 bits per heavy atom. The fraction of sp³-hybridized carbons (Fsp3) is 0.391. The fourth-order valence-corrected chi connectivity index (χ4v) is 9.01. The summed E-state index contributed by atoms with van der Waals surface area (Å²) >= 11 is 0. The molecular formula is C46H48F2N10O5. The summed E-state index contributed by atoms with van der Waals surface area (Å²) in [6.07, 6.45) is 9.86. The quantitative estimate of drug-likeness (QED) is 0.106. The van der Waals surface area contributed by atoms with E-state index in [2.05, 4.69) is 26.0 Å². The lowest BCUT2D eigenvalue weighted by Crippen LogP contribution is -2.54. The second kappa shape index (κ2) is 18.1. The largest absolute Gasteiger partial charge is 0.385 e. The molecule has 0 bridgehead atoms. The molecule has 0 saturated carbocycles. The molecule has 0 aliphatic carbocycles. The number of rotatable bonds is 13. The summed E-state index contributed by atoms with van der Waals surface area (Å²) in [5.41, 5.74) is 4.70. The summed E-state index contributed by atoms with van der Waals surface area (Å²) in [6, 6.07) is 12.2. The van der Waals surface area contributed by atoms with Crippen LogP contribution in [0.2, 0.25) is 0 Å². The van der Waals surface area contributed by atoms with E-state index < -0.39 is 41.3 Å². The predicted octanol–water partition coefficient (Wildman–Crippen LogP) is 5.08. The highest BCUT2D eigenvalue weighted by Gasteiger charge is 2.44. The van der Waals surface area contributed by atoms with Gasteiger partial charge in [0.2, 0.25) is 17.7 Å². The van der Waals surface area contributed by atoms with Crippen molar-refractivity contribution in [1.29, 1.82) is 0 Å². The molecule has 3 saturated heterocycles. The van der Waals surface area contributed by atoms with Gasteiger partial charge in [0.15, 0.2) is 0 Å². The molecule has 0 spiro atoms. The van der Waals surface area contributed by atoms with E-state index in [0.717, 1.165) is 68.7 Å². The van der Waals surface area contributed by atoms with E-state index in [9.17, 15) is 24.0 Å². The van der Waals surface area contributed by atoms with Crippen molar-refractivity contribution in [3.05, 3.63) is 95.4 Å². The number of para-hydroxylation sites is 1. The number of piperazine rings is 1. The number of amides is 5. The van der Waals surface area contributed by atoms with Gasteiger partial charge in [-0.1, -0.05) is 18.6 Å².